The number of aromatic nitrogens is 1. The van der Waals surface area contributed by atoms with Crippen molar-refractivity contribution in [3.8, 4) is 0 Å². The van der Waals surface area contributed by atoms with Crippen molar-refractivity contribution in [2.24, 2.45) is 0 Å². The van der Waals surface area contributed by atoms with Gasteiger partial charge in [0, 0.05) is 23.7 Å². The van der Waals surface area contributed by atoms with Crippen molar-refractivity contribution in [2.75, 3.05) is 0 Å². The van der Waals surface area contributed by atoms with E-state index in [-0.39, 0.29) is 11.7 Å². The Morgan fingerprint density at radius 2 is 1.82 bits per heavy atom. The van der Waals surface area contributed by atoms with Crippen LogP contribution in [0.1, 0.15) is 68.2 Å². The molecule has 4 rings (SSSR count). The predicted octanol–water partition coefficient (Wildman–Crippen LogP) is 7.45. The maximum Gasteiger partial charge on any atom is 0.407 e. The number of carbonyl (C=O) groups excluding carboxylic acids is 1. The van der Waals surface area contributed by atoms with Gasteiger partial charge in [0.1, 0.15) is 5.60 Å². The maximum absolute atomic E-state index is 12.5. The van der Waals surface area contributed by atoms with E-state index in [9.17, 15) is 13.6 Å². The first-order valence-corrected chi connectivity index (χ1v) is 12.1. The highest BCUT2D eigenvalue weighted by Gasteiger charge is 2.24. The van der Waals surface area contributed by atoms with Crippen molar-refractivity contribution in [3.05, 3.63) is 77.0 Å². The standard InChI is InChI=1S/C19H24N2O2.C8H9F2P/c1-19(2,3)23-18(22)21-12-13-10-15-8-5-9-20-17(15)16(11-13)14-6-4-7-14;1-6-2-4-7(5-3-6)8(9,10)11/h5,8-11,14H,4,6-7,12H2,1-3H3,(H,21,22);2-5H,11H2,1H3. The van der Waals surface area contributed by atoms with Crippen LogP contribution in [0, 0.1) is 6.92 Å². The summed E-state index contributed by atoms with van der Waals surface area (Å²) in [6, 6.07) is 14.5. The highest BCUT2D eigenvalue weighted by Crippen LogP contribution is 2.39. The molecule has 182 valence electrons. The van der Waals surface area contributed by atoms with E-state index < -0.39 is 11.3 Å². The number of halogens is 2. The Balaban J connectivity index is 0.000000248. The number of benzene rings is 2. The summed E-state index contributed by atoms with van der Waals surface area (Å²) in [5, 5.41) is 3.98. The number of fused-ring (bicyclic) bond motifs is 1. The number of carbonyl (C=O) groups is 1. The number of alkyl carbamates (subject to hydrolysis) is 1. The predicted molar refractivity (Wildman–Crippen MR) is 136 cm³/mol. The third kappa shape index (κ3) is 7.46. The second kappa shape index (κ2) is 10.8. The van der Waals surface area contributed by atoms with Gasteiger partial charge in [-0.2, -0.15) is 8.78 Å². The molecule has 1 saturated carbocycles. The topological polar surface area (TPSA) is 51.2 Å². The zero-order valence-electron chi connectivity index (χ0n) is 20.2. The first-order chi connectivity index (χ1) is 15.9. The zero-order chi connectivity index (χ0) is 24.9. The number of nitrogens with zero attached hydrogens (tertiary/aromatic N) is 1. The van der Waals surface area contributed by atoms with Crippen molar-refractivity contribution in [1.82, 2.24) is 10.3 Å². The Morgan fingerprint density at radius 3 is 2.38 bits per heavy atom. The van der Waals surface area contributed by atoms with Crippen molar-refractivity contribution in [1.29, 1.82) is 0 Å². The molecule has 0 spiro atoms. The Hall–Kier alpha value is -2.59. The van der Waals surface area contributed by atoms with Crippen LogP contribution in [0.3, 0.4) is 0 Å². The van der Waals surface area contributed by atoms with E-state index in [1.807, 2.05) is 40.0 Å². The molecule has 1 aliphatic rings. The number of aryl methyl sites for hydroxylation is 1. The van der Waals surface area contributed by atoms with Crippen molar-refractivity contribution >= 4 is 26.2 Å². The fourth-order valence-electron chi connectivity index (χ4n) is 3.68. The lowest BCUT2D eigenvalue weighted by Gasteiger charge is -2.27. The maximum atomic E-state index is 12.5. The van der Waals surface area contributed by atoms with Crippen LogP contribution in [-0.2, 0) is 16.9 Å². The normalized spacial score (nSPS) is 14.1. The van der Waals surface area contributed by atoms with Gasteiger partial charge in [0.2, 0.25) is 0 Å². The summed E-state index contributed by atoms with van der Waals surface area (Å²) >= 11 is 0. The van der Waals surface area contributed by atoms with Gasteiger partial charge in [-0.3, -0.25) is 4.98 Å². The molecule has 0 bridgehead atoms. The SMILES string of the molecule is CC(C)(C)OC(=O)NCc1cc(C2CCC2)c2ncccc2c1.Cc1ccc(C(F)(F)P)cc1. The van der Waals surface area contributed by atoms with Gasteiger partial charge in [0.15, 0.2) is 0 Å². The van der Waals surface area contributed by atoms with Gasteiger partial charge in [0.05, 0.1) is 5.52 Å². The molecule has 1 heterocycles. The molecule has 1 N–H and O–H groups in total. The molecule has 3 aromatic rings. The summed E-state index contributed by atoms with van der Waals surface area (Å²) < 4.78 is 30.4. The molecule has 34 heavy (non-hydrogen) atoms. The summed E-state index contributed by atoms with van der Waals surface area (Å²) in [5.41, 5.74) is 1.25. The fraction of sp³-hybridized carbons (Fsp3) is 0.407. The molecular formula is C27H33F2N2O2P. The summed E-state index contributed by atoms with van der Waals surface area (Å²) in [6.45, 7) is 7.93. The van der Waals surface area contributed by atoms with Crippen LogP contribution < -0.4 is 5.32 Å². The average molecular weight is 487 g/mol. The van der Waals surface area contributed by atoms with E-state index in [1.54, 1.807) is 12.1 Å². The molecule has 0 radical (unpaired) electrons. The highest BCUT2D eigenvalue weighted by atomic mass is 31.0. The molecule has 0 aliphatic heterocycles. The van der Waals surface area contributed by atoms with Crippen molar-refractivity contribution in [2.45, 2.75) is 70.7 Å². The highest BCUT2D eigenvalue weighted by molar-refractivity contribution is 7.17. The molecule has 0 saturated heterocycles. The monoisotopic (exact) mass is 486 g/mol. The number of pyridine rings is 1. The third-order valence-electron chi connectivity index (χ3n) is 5.61. The van der Waals surface area contributed by atoms with Gasteiger partial charge in [-0.05, 0) is 69.7 Å². The average Bonchev–Trinajstić information content (AvgIpc) is 2.70. The van der Waals surface area contributed by atoms with E-state index in [0.29, 0.717) is 12.5 Å². The van der Waals surface area contributed by atoms with E-state index in [4.69, 9.17) is 4.74 Å². The summed E-state index contributed by atoms with van der Waals surface area (Å²) in [7, 11) is 1.51. The van der Waals surface area contributed by atoms with Gasteiger partial charge in [0.25, 0.3) is 5.66 Å². The molecule has 1 fully saturated rings. The number of nitrogens with one attached hydrogen (secondary N) is 1. The minimum Gasteiger partial charge on any atom is -0.444 e. The minimum atomic E-state index is -2.80. The number of ether oxygens (including phenoxy) is 1. The lowest BCUT2D eigenvalue weighted by Crippen LogP contribution is -2.32. The van der Waals surface area contributed by atoms with Crippen LogP contribution >= 0.6 is 9.24 Å². The van der Waals surface area contributed by atoms with E-state index >= 15 is 0 Å². The van der Waals surface area contributed by atoms with Crippen LogP contribution in [0.25, 0.3) is 10.9 Å². The smallest absolute Gasteiger partial charge is 0.407 e. The van der Waals surface area contributed by atoms with Crippen LogP contribution in [0.2, 0.25) is 0 Å². The number of hydrogen-bond acceptors (Lipinski definition) is 3. The van der Waals surface area contributed by atoms with Gasteiger partial charge in [-0.1, -0.05) is 57.6 Å². The van der Waals surface area contributed by atoms with Gasteiger partial charge in [-0.15, -0.1) is 0 Å². The number of amides is 1. The van der Waals surface area contributed by atoms with Gasteiger partial charge < -0.3 is 10.1 Å². The number of alkyl halides is 2. The molecule has 1 unspecified atom stereocenters. The second-order valence-corrected chi connectivity index (χ2v) is 10.5. The van der Waals surface area contributed by atoms with Crippen molar-refractivity contribution < 1.29 is 18.3 Å². The summed E-state index contributed by atoms with van der Waals surface area (Å²) in [4.78, 5) is 16.4. The molecule has 1 amide bonds. The second-order valence-electron chi connectivity index (χ2n) is 9.73. The zero-order valence-corrected chi connectivity index (χ0v) is 21.4. The Morgan fingerprint density at radius 1 is 1.15 bits per heavy atom. The molecule has 4 nitrogen and oxygen atoms in total. The lowest BCUT2D eigenvalue weighted by atomic mass is 9.78. The molecule has 1 aromatic heterocycles. The Labute approximate surface area is 202 Å². The van der Waals surface area contributed by atoms with Crippen LogP contribution in [0.4, 0.5) is 13.6 Å². The number of rotatable bonds is 4. The molecule has 1 atom stereocenters. The Bertz CT molecular complexity index is 1120. The third-order valence-corrected chi connectivity index (χ3v) is 5.94. The molecule has 2 aromatic carbocycles. The Kier molecular flexibility index (Phi) is 8.25. The van der Waals surface area contributed by atoms with Crippen molar-refractivity contribution in [3.63, 3.8) is 0 Å². The quantitative estimate of drug-likeness (QED) is 0.390. The van der Waals surface area contributed by atoms with E-state index in [1.165, 1.54) is 46.2 Å². The van der Waals surface area contributed by atoms with E-state index in [2.05, 4.69) is 28.5 Å². The number of hydrogen-bond donors (Lipinski definition) is 1. The molecular weight excluding hydrogens is 453 g/mol. The van der Waals surface area contributed by atoms with Gasteiger partial charge in [-0.25, -0.2) is 4.79 Å². The summed E-state index contributed by atoms with van der Waals surface area (Å²) in [6.07, 6.45) is 5.22. The molecule has 7 heteroatoms. The lowest BCUT2D eigenvalue weighted by molar-refractivity contribution is 0.0523. The summed E-state index contributed by atoms with van der Waals surface area (Å²) in [5.74, 6) is 0.605. The van der Waals surface area contributed by atoms with E-state index in [0.717, 1.165) is 22.0 Å². The largest absolute Gasteiger partial charge is 0.444 e. The van der Waals surface area contributed by atoms with Crippen LogP contribution in [0.15, 0.2) is 54.7 Å². The fourth-order valence-corrected chi connectivity index (χ4v) is 3.87. The first-order valence-electron chi connectivity index (χ1n) is 11.5. The molecule has 1 aliphatic carbocycles. The van der Waals surface area contributed by atoms with Crippen LogP contribution in [0.5, 0.6) is 0 Å². The first kappa shape index (κ1) is 26.0. The van der Waals surface area contributed by atoms with Gasteiger partial charge >= 0.3 is 6.09 Å². The van der Waals surface area contributed by atoms with Crippen LogP contribution in [-0.4, -0.2) is 16.7 Å². The minimum absolute atomic E-state index is 0.0353.